The van der Waals surface area contributed by atoms with Crippen LogP contribution in [0.1, 0.15) is 23.7 Å². The van der Waals surface area contributed by atoms with E-state index in [1.165, 1.54) is 5.56 Å². The average molecular weight is 307 g/mol. The van der Waals surface area contributed by atoms with Gasteiger partial charge in [0, 0.05) is 18.8 Å². The number of aryl methyl sites for hydroxylation is 1. The molecule has 2 aromatic heterocycles. The third-order valence-corrected chi connectivity index (χ3v) is 4.11. The Hall–Kier alpha value is -2.66. The van der Waals surface area contributed by atoms with Crippen molar-refractivity contribution in [3.8, 4) is 0 Å². The number of nitrogens with zero attached hydrogens (tertiary/aromatic N) is 2. The molecule has 2 heterocycles. The lowest BCUT2D eigenvalue weighted by Crippen LogP contribution is -2.24. The molecule has 0 radical (unpaired) electrons. The summed E-state index contributed by atoms with van der Waals surface area (Å²) < 4.78 is 3.87. The molecule has 0 atom stereocenters. The molecule has 5 nitrogen and oxygen atoms in total. The van der Waals surface area contributed by atoms with Crippen molar-refractivity contribution in [2.45, 2.75) is 26.9 Å². The predicted molar refractivity (Wildman–Crippen MR) is 92.8 cm³/mol. The molecule has 3 aromatic rings. The van der Waals surface area contributed by atoms with E-state index in [1.807, 2.05) is 24.3 Å². The lowest BCUT2D eigenvalue weighted by Gasteiger charge is -2.11. The summed E-state index contributed by atoms with van der Waals surface area (Å²) in [5, 5.41) is 16.0. The minimum Gasteiger partial charge on any atom is -0.339 e. The molecule has 0 aliphatic heterocycles. The molecular formula is C18H21N5. The summed E-state index contributed by atoms with van der Waals surface area (Å²) in [6, 6.07) is 14.0. The molecule has 3 rings (SSSR count). The standard InChI is InChI=1S/C18H21N5/c1-12-8-17-16(6-7-18(21)23(17)13(2)20)22(12)11-15-5-3-4-14(9-15)10-19/h3-9,20-21H,10-11,19H2,1-2H3. The van der Waals surface area contributed by atoms with Gasteiger partial charge in [0.05, 0.1) is 11.0 Å². The number of aromatic nitrogens is 2. The van der Waals surface area contributed by atoms with Gasteiger partial charge in [-0.05, 0) is 43.2 Å². The highest BCUT2D eigenvalue weighted by molar-refractivity contribution is 5.90. The zero-order chi connectivity index (χ0) is 16.6. The molecule has 0 aliphatic rings. The lowest BCUT2D eigenvalue weighted by molar-refractivity contribution is 0.801. The Morgan fingerprint density at radius 1 is 1.09 bits per heavy atom. The zero-order valence-electron chi connectivity index (χ0n) is 13.4. The fourth-order valence-corrected chi connectivity index (χ4v) is 3.00. The number of hydrogen-bond donors (Lipinski definition) is 3. The van der Waals surface area contributed by atoms with Crippen LogP contribution in [0.2, 0.25) is 0 Å². The molecule has 4 N–H and O–H groups in total. The number of nitrogens with one attached hydrogen (secondary N) is 2. The van der Waals surface area contributed by atoms with Gasteiger partial charge in [-0.25, -0.2) is 0 Å². The van der Waals surface area contributed by atoms with Gasteiger partial charge in [-0.2, -0.15) is 0 Å². The van der Waals surface area contributed by atoms with E-state index >= 15 is 0 Å². The molecule has 5 heteroatoms. The summed E-state index contributed by atoms with van der Waals surface area (Å²) in [6.45, 7) is 5.04. The van der Waals surface area contributed by atoms with Crippen molar-refractivity contribution in [2.75, 3.05) is 0 Å². The Kier molecular flexibility index (Phi) is 3.88. The summed E-state index contributed by atoms with van der Waals surface area (Å²) in [7, 11) is 0. The normalized spacial score (nSPS) is 11.1. The van der Waals surface area contributed by atoms with Crippen molar-refractivity contribution >= 4 is 16.9 Å². The van der Waals surface area contributed by atoms with E-state index in [9.17, 15) is 0 Å². The van der Waals surface area contributed by atoms with Gasteiger partial charge >= 0.3 is 0 Å². The predicted octanol–water partition coefficient (Wildman–Crippen LogP) is 2.58. The zero-order valence-corrected chi connectivity index (χ0v) is 13.4. The van der Waals surface area contributed by atoms with E-state index in [2.05, 4.69) is 23.6 Å². The Balaban J connectivity index is 2.15. The van der Waals surface area contributed by atoms with E-state index in [0.717, 1.165) is 28.8 Å². The number of fused-ring (bicyclic) bond motifs is 1. The minimum absolute atomic E-state index is 0.326. The topological polar surface area (TPSA) is 83.6 Å². The molecule has 0 aliphatic carbocycles. The van der Waals surface area contributed by atoms with Gasteiger partial charge in [0.2, 0.25) is 0 Å². The van der Waals surface area contributed by atoms with Crippen LogP contribution >= 0.6 is 0 Å². The summed E-state index contributed by atoms with van der Waals surface area (Å²) in [5.74, 6) is 0.350. The quantitative estimate of drug-likeness (QED) is 0.504. The van der Waals surface area contributed by atoms with Gasteiger partial charge in [0.15, 0.2) is 0 Å². The van der Waals surface area contributed by atoms with E-state index in [-0.39, 0.29) is 0 Å². The Morgan fingerprint density at radius 3 is 2.52 bits per heavy atom. The third-order valence-electron chi connectivity index (χ3n) is 4.11. The van der Waals surface area contributed by atoms with E-state index in [1.54, 1.807) is 17.6 Å². The number of rotatable bonds is 3. The van der Waals surface area contributed by atoms with Crippen LogP contribution in [-0.4, -0.2) is 15.0 Å². The van der Waals surface area contributed by atoms with Crippen molar-refractivity contribution in [1.82, 2.24) is 9.13 Å². The van der Waals surface area contributed by atoms with Crippen LogP contribution in [0, 0.1) is 17.7 Å². The van der Waals surface area contributed by atoms with Gasteiger partial charge in [-0.1, -0.05) is 24.3 Å². The third kappa shape index (κ3) is 2.71. The Bertz CT molecular complexity index is 946. The SMILES string of the molecule is CC(=N)n1c(=N)ccc2c1cc(C)n2Cc1cccc(CN)c1. The molecule has 0 spiro atoms. The van der Waals surface area contributed by atoms with Crippen LogP contribution < -0.4 is 11.2 Å². The highest BCUT2D eigenvalue weighted by atomic mass is 15.1. The Labute approximate surface area is 135 Å². The smallest absolute Gasteiger partial charge is 0.130 e. The molecule has 0 unspecified atom stereocenters. The van der Waals surface area contributed by atoms with Crippen LogP contribution in [0.4, 0.5) is 0 Å². The lowest BCUT2D eigenvalue weighted by atomic mass is 10.1. The maximum Gasteiger partial charge on any atom is 0.130 e. The number of nitrogens with two attached hydrogens (primary N) is 1. The second-order valence-corrected chi connectivity index (χ2v) is 5.81. The van der Waals surface area contributed by atoms with Crippen molar-refractivity contribution in [3.05, 3.63) is 64.8 Å². The highest BCUT2D eigenvalue weighted by Crippen LogP contribution is 2.20. The number of pyridine rings is 1. The van der Waals surface area contributed by atoms with Crippen LogP contribution in [0.15, 0.2) is 42.5 Å². The van der Waals surface area contributed by atoms with Gasteiger partial charge in [-0.3, -0.25) is 15.4 Å². The monoisotopic (exact) mass is 307 g/mol. The molecule has 0 fully saturated rings. The van der Waals surface area contributed by atoms with E-state index in [0.29, 0.717) is 17.9 Å². The van der Waals surface area contributed by atoms with E-state index < -0.39 is 0 Å². The fraction of sp³-hybridized carbons (Fsp3) is 0.222. The van der Waals surface area contributed by atoms with Crippen molar-refractivity contribution in [2.24, 2.45) is 5.73 Å². The first-order valence-corrected chi connectivity index (χ1v) is 7.61. The summed E-state index contributed by atoms with van der Waals surface area (Å²) in [6.07, 6.45) is 0. The maximum atomic E-state index is 8.04. The second-order valence-electron chi connectivity index (χ2n) is 5.81. The molecule has 118 valence electrons. The van der Waals surface area contributed by atoms with Gasteiger partial charge in [0.1, 0.15) is 11.3 Å². The highest BCUT2D eigenvalue weighted by Gasteiger charge is 2.11. The summed E-state index contributed by atoms with van der Waals surface area (Å²) in [4.78, 5) is 0. The molecule has 0 bridgehead atoms. The van der Waals surface area contributed by atoms with Crippen LogP contribution in [0.25, 0.3) is 11.0 Å². The average Bonchev–Trinajstić information content (AvgIpc) is 2.82. The molecule has 0 amide bonds. The molecule has 1 aromatic carbocycles. The first kappa shape index (κ1) is 15.2. The summed E-state index contributed by atoms with van der Waals surface area (Å²) in [5.41, 5.74) is 11.4. The first-order chi connectivity index (χ1) is 11.0. The fourth-order valence-electron chi connectivity index (χ4n) is 3.00. The van der Waals surface area contributed by atoms with Gasteiger partial charge in [0.25, 0.3) is 0 Å². The van der Waals surface area contributed by atoms with Crippen LogP contribution in [0.5, 0.6) is 0 Å². The van der Waals surface area contributed by atoms with Crippen LogP contribution in [-0.2, 0) is 13.1 Å². The molecular weight excluding hydrogens is 286 g/mol. The second kappa shape index (κ2) is 5.85. The van der Waals surface area contributed by atoms with Gasteiger partial charge < -0.3 is 10.3 Å². The summed E-state index contributed by atoms with van der Waals surface area (Å²) >= 11 is 0. The van der Waals surface area contributed by atoms with E-state index in [4.69, 9.17) is 16.6 Å². The van der Waals surface area contributed by atoms with Crippen molar-refractivity contribution < 1.29 is 0 Å². The maximum absolute atomic E-state index is 8.04. The molecule has 23 heavy (non-hydrogen) atoms. The van der Waals surface area contributed by atoms with Crippen molar-refractivity contribution in [3.63, 3.8) is 0 Å². The number of hydrogen-bond acceptors (Lipinski definition) is 3. The number of benzene rings is 1. The van der Waals surface area contributed by atoms with Crippen LogP contribution in [0.3, 0.4) is 0 Å². The largest absolute Gasteiger partial charge is 0.339 e. The van der Waals surface area contributed by atoms with Crippen molar-refractivity contribution in [1.29, 1.82) is 10.8 Å². The first-order valence-electron chi connectivity index (χ1n) is 7.61. The minimum atomic E-state index is 0.326. The Morgan fingerprint density at radius 2 is 1.83 bits per heavy atom. The van der Waals surface area contributed by atoms with Gasteiger partial charge in [-0.15, -0.1) is 0 Å². The molecule has 0 saturated carbocycles. The molecule has 0 saturated heterocycles.